The van der Waals surface area contributed by atoms with Gasteiger partial charge in [0.05, 0.1) is 12.6 Å². The SMILES string of the molecule is CCOC(=O)/C=C/C(Cc1ccccc1)NC(=O)C(CC(C)C)NC(=O)OC(C)(C)C. The van der Waals surface area contributed by atoms with Gasteiger partial charge in [-0.1, -0.05) is 50.3 Å². The van der Waals surface area contributed by atoms with Crippen LogP contribution >= 0.6 is 0 Å². The molecule has 0 aliphatic heterocycles. The van der Waals surface area contributed by atoms with Gasteiger partial charge in [-0.25, -0.2) is 9.59 Å². The molecule has 1 rings (SSSR count). The zero-order chi connectivity index (χ0) is 23.4. The number of carbonyl (C=O) groups is 3. The van der Waals surface area contributed by atoms with Gasteiger partial charge in [-0.15, -0.1) is 0 Å². The van der Waals surface area contributed by atoms with Crippen LogP contribution in [-0.4, -0.2) is 42.3 Å². The van der Waals surface area contributed by atoms with Crippen LogP contribution in [0.3, 0.4) is 0 Å². The van der Waals surface area contributed by atoms with Crippen molar-refractivity contribution in [2.45, 2.75) is 72.1 Å². The van der Waals surface area contributed by atoms with E-state index < -0.39 is 29.7 Å². The van der Waals surface area contributed by atoms with Crippen molar-refractivity contribution in [3.05, 3.63) is 48.0 Å². The Labute approximate surface area is 185 Å². The van der Waals surface area contributed by atoms with E-state index in [1.54, 1.807) is 33.8 Å². The second-order valence-electron chi connectivity index (χ2n) is 8.74. The number of esters is 1. The quantitative estimate of drug-likeness (QED) is 0.434. The van der Waals surface area contributed by atoms with Gasteiger partial charge >= 0.3 is 12.1 Å². The fourth-order valence-electron chi connectivity index (χ4n) is 2.86. The van der Waals surface area contributed by atoms with Gasteiger partial charge in [-0.05, 0) is 52.0 Å². The molecule has 0 bridgehead atoms. The summed E-state index contributed by atoms with van der Waals surface area (Å²) in [4.78, 5) is 37.0. The Morgan fingerprint density at radius 1 is 1.06 bits per heavy atom. The van der Waals surface area contributed by atoms with Crippen LogP contribution in [0.4, 0.5) is 4.79 Å². The number of nitrogens with one attached hydrogen (secondary N) is 2. The number of rotatable bonds is 10. The van der Waals surface area contributed by atoms with Gasteiger partial charge in [0, 0.05) is 6.08 Å². The molecule has 0 radical (unpaired) electrons. The van der Waals surface area contributed by atoms with Crippen molar-refractivity contribution < 1.29 is 23.9 Å². The second kappa shape index (κ2) is 12.8. The highest BCUT2D eigenvalue weighted by Crippen LogP contribution is 2.11. The topological polar surface area (TPSA) is 93.7 Å². The van der Waals surface area contributed by atoms with E-state index in [0.717, 1.165) is 5.56 Å². The number of alkyl carbamates (subject to hydrolysis) is 1. The van der Waals surface area contributed by atoms with Crippen molar-refractivity contribution in [1.29, 1.82) is 0 Å². The lowest BCUT2D eigenvalue weighted by Crippen LogP contribution is -2.51. The third kappa shape index (κ3) is 11.8. The van der Waals surface area contributed by atoms with Crippen LogP contribution in [0.25, 0.3) is 0 Å². The van der Waals surface area contributed by atoms with Gasteiger partial charge in [0.1, 0.15) is 11.6 Å². The first-order chi connectivity index (χ1) is 14.5. The fraction of sp³-hybridized carbons (Fsp3) is 0.542. The monoisotopic (exact) mass is 432 g/mol. The highest BCUT2D eigenvalue weighted by atomic mass is 16.6. The Morgan fingerprint density at radius 3 is 2.26 bits per heavy atom. The van der Waals surface area contributed by atoms with Crippen molar-refractivity contribution in [2.24, 2.45) is 5.92 Å². The Morgan fingerprint density at radius 2 is 1.71 bits per heavy atom. The molecule has 2 N–H and O–H groups in total. The van der Waals surface area contributed by atoms with Crippen molar-refractivity contribution in [1.82, 2.24) is 10.6 Å². The lowest BCUT2D eigenvalue weighted by atomic mass is 10.0. The number of carbonyl (C=O) groups excluding carboxylic acids is 3. The summed E-state index contributed by atoms with van der Waals surface area (Å²) in [5.41, 5.74) is 0.336. The molecule has 1 aromatic rings. The smallest absolute Gasteiger partial charge is 0.408 e. The van der Waals surface area contributed by atoms with Gasteiger partial charge in [-0.3, -0.25) is 4.79 Å². The molecule has 0 spiro atoms. The normalized spacial score (nSPS) is 13.5. The number of ether oxygens (including phenoxy) is 2. The molecular weight excluding hydrogens is 396 g/mol. The third-order valence-corrected chi connectivity index (χ3v) is 4.09. The summed E-state index contributed by atoms with van der Waals surface area (Å²) in [6.45, 7) is 11.2. The second-order valence-corrected chi connectivity index (χ2v) is 8.74. The van der Waals surface area contributed by atoms with Crippen LogP contribution in [0.15, 0.2) is 42.5 Å². The van der Waals surface area contributed by atoms with Crippen molar-refractivity contribution in [3.63, 3.8) is 0 Å². The Bertz CT molecular complexity index is 738. The van der Waals surface area contributed by atoms with Crippen molar-refractivity contribution in [3.8, 4) is 0 Å². The first-order valence-corrected chi connectivity index (χ1v) is 10.7. The number of benzene rings is 1. The minimum Gasteiger partial charge on any atom is -0.463 e. The first-order valence-electron chi connectivity index (χ1n) is 10.7. The van der Waals surface area contributed by atoms with E-state index in [4.69, 9.17) is 9.47 Å². The molecular formula is C24H36N2O5. The van der Waals surface area contributed by atoms with Crippen molar-refractivity contribution >= 4 is 18.0 Å². The largest absolute Gasteiger partial charge is 0.463 e. The van der Waals surface area contributed by atoms with Crippen LogP contribution in [0.1, 0.15) is 53.5 Å². The van der Waals surface area contributed by atoms with Gasteiger partial charge in [0.2, 0.25) is 5.91 Å². The fourth-order valence-corrected chi connectivity index (χ4v) is 2.86. The third-order valence-electron chi connectivity index (χ3n) is 4.09. The minimum absolute atomic E-state index is 0.174. The summed E-state index contributed by atoms with van der Waals surface area (Å²) >= 11 is 0. The summed E-state index contributed by atoms with van der Waals surface area (Å²) < 4.78 is 10.2. The molecule has 0 aliphatic rings. The summed E-state index contributed by atoms with van der Waals surface area (Å²) in [7, 11) is 0. The highest BCUT2D eigenvalue weighted by Gasteiger charge is 2.26. The van der Waals surface area contributed by atoms with E-state index in [9.17, 15) is 14.4 Å². The Kier molecular flexibility index (Phi) is 10.8. The Hall–Kier alpha value is -2.83. The van der Waals surface area contributed by atoms with Crippen LogP contribution in [0, 0.1) is 5.92 Å². The molecule has 1 aromatic carbocycles. The van der Waals surface area contributed by atoms with Crippen molar-refractivity contribution in [2.75, 3.05) is 6.61 Å². The minimum atomic E-state index is -0.760. The predicted molar refractivity (Wildman–Crippen MR) is 120 cm³/mol. The zero-order valence-corrected chi connectivity index (χ0v) is 19.4. The van der Waals surface area contributed by atoms with E-state index in [2.05, 4.69) is 10.6 Å². The molecule has 172 valence electrons. The standard InChI is InChI=1S/C24H36N2O5/c1-7-30-21(27)14-13-19(16-18-11-9-8-10-12-18)25-22(28)20(15-17(2)3)26-23(29)31-24(4,5)6/h8-14,17,19-20H,7,15-16H2,1-6H3,(H,25,28)(H,26,29)/b14-13+. The number of amides is 2. The van der Waals surface area contributed by atoms with Crippen LogP contribution in [-0.2, 0) is 25.5 Å². The Balaban J connectivity index is 2.95. The van der Waals surface area contributed by atoms with E-state index in [0.29, 0.717) is 12.8 Å². The van der Waals surface area contributed by atoms with E-state index in [1.165, 1.54) is 6.08 Å². The van der Waals surface area contributed by atoms with Gasteiger partial charge in [0.25, 0.3) is 0 Å². The number of hydrogen-bond acceptors (Lipinski definition) is 5. The molecule has 7 heteroatoms. The van der Waals surface area contributed by atoms with Crippen LogP contribution in [0.5, 0.6) is 0 Å². The average molecular weight is 433 g/mol. The zero-order valence-electron chi connectivity index (χ0n) is 19.4. The maximum absolute atomic E-state index is 13.0. The summed E-state index contributed by atoms with van der Waals surface area (Å²) in [5.74, 6) is -0.636. The van der Waals surface area contributed by atoms with Crippen LogP contribution < -0.4 is 10.6 Å². The maximum atomic E-state index is 13.0. The number of hydrogen-bond donors (Lipinski definition) is 2. The lowest BCUT2D eigenvalue weighted by Gasteiger charge is -2.25. The van der Waals surface area contributed by atoms with Crippen LogP contribution in [0.2, 0.25) is 0 Å². The maximum Gasteiger partial charge on any atom is 0.408 e. The molecule has 2 unspecified atom stereocenters. The van der Waals surface area contributed by atoms with E-state index in [-0.39, 0.29) is 18.4 Å². The molecule has 31 heavy (non-hydrogen) atoms. The van der Waals surface area contributed by atoms with E-state index >= 15 is 0 Å². The molecule has 7 nitrogen and oxygen atoms in total. The molecule has 0 saturated carbocycles. The first kappa shape index (κ1) is 26.2. The molecule has 2 amide bonds. The lowest BCUT2D eigenvalue weighted by molar-refractivity contribution is -0.137. The molecule has 0 saturated heterocycles. The summed E-state index contributed by atoms with van der Waals surface area (Å²) in [6, 6.07) is 8.42. The molecule has 0 aromatic heterocycles. The van der Waals surface area contributed by atoms with Gasteiger partial charge in [0.15, 0.2) is 0 Å². The summed E-state index contributed by atoms with van der Waals surface area (Å²) in [5, 5.41) is 5.60. The van der Waals surface area contributed by atoms with Gasteiger partial charge in [-0.2, -0.15) is 0 Å². The molecule has 0 aliphatic carbocycles. The molecule has 2 atom stereocenters. The summed E-state index contributed by atoms with van der Waals surface area (Å²) in [6.07, 6.45) is 3.22. The molecule has 0 heterocycles. The van der Waals surface area contributed by atoms with Gasteiger partial charge < -0.3 is 20.1 Å². The van der Waals surface area contributed by atoms with E-state index in [1.807, 2.05) is 44.2 Å². The predicted octanol–water partition coefficient (Wildman–Crippen LogP) is 3.77. The average Bonchev–Trinajstić information content (AvgIpc) is 2.64. The highest BCUT2D eigenvalue weighted by molar-refractivity contribution is 5.86. The molecule has 0 fully saturated rings.